The van der Waals surface area contributed by atoms with E-state index in [0.717, 1.165) is 11.3 Å². The number of aromatic nitrogens is 2. The average molecular weight is 409 g/mol. The number of rotatable bonds is 7. The van der Waals surface area contributed by atoms with Crippen LogP contribution in [0.1, 0.15) is 30.4 Å². The highest BCUT2D eigenvalue weighted by Crippen LogP contribution is 2.31. The van der Waals surface area contributed by atoms with Crippen molar-refractivity contribution in [3.05, 3.63) is 63.7 Å². The van der Waals surface area contributed by atoms with E-state index in [4.69, 9.17) is 0 Å². The molecule has 3 aromatic rings. The molecule has 1 aliphatic heterocycles. The molecule has 5 nitrogen and oxygen atoms in total. The van der Waals surface area contributed by atoms with E-state index in [1.807, 2.05) is 25.1 Å². The van der Waals surface area contributed by atoms with E-state index in [-0.39, 0.29) is 23.6 Å². The van der Waals surface area contributed by atoms with Crippen molar-refractivity contribution in [3.63, 3.8) is 0 Å². The lowest BCUT2D eigenvalue weighted by molar-refractivity contribution is -0.117. The number of nitrogens with zero attached hydrogens (tertiary/aromatic N) is 2. The molecule has 0 atom stereocenters. The van der Waals surface area contributed by atoms with Crippen LogP contribution in [0.2, 0.25) is 0 Å². The van der Waals surface area contributed by atoms with Gasteiger partial charge in [-0.15, -0.1) is 0 Å². The van der Waals surface area contributed by atoms with Crippen molar-refractivity contribution in [1.82, 2.24) is 9.97 Å². The van der Waals surface area contributed by atoms with Crippen LogP contribution in [0, 0.1) is 12.7 Å². The summed E-state index contributed by atoms with van der Waals surface area (Å²) in [5.41, 5.74) is 3.29. The highest BCUT2D eigenvalue weighted by Gasteiger charge is 2.20. The summed E-state index contributed by atoms with van der Waals surface area (Å²) in [5, 5.41) is 1.12. The second-order valence-corrected chi connectivity index (χ2v) is 8.24. The Kier molecular flexibility index (Phi) is 5.58. The van der Waals surface area contributed by atoms with Gasteiger partial charge >= 0.3 is 0 Å². The summed E-state index contributed by atoms with van der Waals surface area (Å²) in [5.74, 6) is 0.516. The zero-order valence-electron chi connectivity index (χ0n) is 16.0. The van der Waals surface area contributed by atoms with E-state index < -0.39 is 0 Å². The highest BCUT2D eigenvalue weighted by molar-refractivity contribution is 7.99. The number of aromatic amines is 1. The van der Waals surface area contributed by atoms with Crippen LogP contribution in [0.3, 0.4) is 0 Å². The fourth-order valence-electron chi connectivity index (χ4n) is 3.43. The monoisotopic (exact) mass is 409 g/mol. The van der Waals surface area contributed by atoms with Gasteiger partial charge in [0.05, 0.1) is 16.6 Å². The maximum Gasteiger partial charge on any atom is 0.259 e. The molecule has 2 aromatic carbocycles. The zero-order valence-corrected chi connectivity index (χ0v) is 16.8. The molecule has 2 heterocycles. The number of nitrogens with one attached hydrogen (secondary N) is 1. The number of hydrogen-bond donors (Lipinski definition) is 1. The first-order valence-corrected chi connectivity index (χ1v) is 10.5. The van der Waals surface area contributed by atoms with Crippen molar-refractivity contribution >= 4 is 39.8 Å². The third-order valence-corrected chi connectivity index (χ3v) is 5.77. The number of H-pyrrole nitrogens is 1. The van der Waals surface area contributed by atoms with Crippen LogP contribution in [-0.2, 0) is 11.2 Å². The number of para-hydroxylation sites is 1. The second kappa shape index (κ2) is 8.29. The van der Waals surface area contributed by atoms with E-state index in [2.05, 4.69) is 15.0 Å². The quantitative estimate of drug-likeness (QED) is 0.353. The lowest BCUT2D eigenvalue weighted by Crippen LogP contribution is -2.10. The molecule has 0 fully saturated rings. The predicted molar refractivity (Wildman–Crippen MR) is 114 cm³/mol. The summed E-state index contributed by atoms with van der Waals surface area (Å²) in [6, 6.07) is 10.6. The Morgan fingerprint density at radius 1 is 1.28 bits per heavy atom. The van der Waals surface area contributed by atoms with Gasteiger partial charge in [-0.1, -0.05) is 23.9 Å². The first kappa shape index (κ1) is 19.5. The molecule has 0 saturated carbocycles. The minimum absolute atomic E-state index is 0.0919. The summed E-state index contributed by atoms with van der Waals surface area (Å²) in [6.45, 7) is 1.83. The molecule has 0 unspecified atom stereocenters. The van der Waals surface area contributed by atoms with E-state index in [9.17, 15) is 14.0 Å². The van der Waals surface area contributed by atoms with Crippen molar-refractivity contribution in [3.8, 4) is 0 Å². The van der Waals surface area contributed by atoms with E-state index in [1.165, 1.54) is 17.8 Å². The summed E-state index contributed by atoms with van der Waals surface area (Å²) < 4.78 is 14.0. The standard InChI is InChI=1S/C22H20FN3O2S/c1-13-9-18(23)17-12-14(24-20(17)10-13)11-15(27)5-4-8-29-22-25-19-7-3-2-6-16(19)21(28)26-22/h2-3,6-7,9-10H,4-5,8,11-12H2,1H3,(H,25,26,28). The van der Waals surface area contributed by atoms with Gasteiger partial charge in [0.15, 0.2) is 5.16 Å². The topological polar surface area (TPSA) is 75.2 Å². The second-order valence-electron chi connectivity index (χ2n) is 7.15. The predicted octanol–water partition coefficient (Wildman–Crippen LogP) is 4.53. The van der Waals surface area contributed by atoms with Gasteiger partial charge in [0.25, 0.3) is 5.56 Å². The number of aryl methyl sites for hydroxylation is 1. The average Bonchev–Trinajstić information content (AvgIpc) is 3.08. The number of Topliss-reactive ketones (excluding diaryl/α,β-unsaturated/α-hetero) is 1. The summed E-state index contributed by atoms with van der Waals surface area (Å²) in [4.78, 5) is 36.0. The van der Waals surface area contributed by atoms with E-state index in [0.29, 0.717) is 52.3 Å². The minimum Gasteiger partial charge on any atom is -0.301 e. The lowest BCUT2D eigenvalue weighted by atomic mass is 10.0. The normalized spacial score (nSPS) is 12.8. The Bertz CT molecular complexity index is 1190. The van der Waals surface area contributed by atoms with Gasteiger partial charge in [0.2, 0.25) is 0 Å². The van der Waals surface area contributed by atoms with Crippen LogP contribution in [0.5, 0.6) is 0 Å². The lowest BCUT2D eigenvalue weighted by Gasteiger charge is -2.03. The first-order chi connectivity index (χ1) is 14.0. The Labute approximate surface area is 171 Å². The van der Waals surface area contributed by atoms with E-state index in [1.54, 1.807) is 12.1 Å². The minimum atomic E-state index is -0.250. The Morgan fingerprint density at radius 2 is 2.10 bits per heavy atom. The van der Waals surface area contributed by atoms with Gasteiger partial charge in [-0.3, -0.25) is 14.6 Å². The Balaban J connectivity index is 1.27. The molecule has 29 heavy (non-hydrogen) atoms. The molecule has 7 heteroatoms. The molecule has 0 bridgehead atoms. The van der Waals surface area contributed by atoms with Gasteiger partial charge < -0.3 is 4.98 Å². The number of halogens is 1. The number of ketones is 1. The van der Waals surface area contributed by atoms with Crippen LogP contribution >= 0.6 is 11.8 Å². The van der Waals surface area contributed by atoms with Crippen LogP contribution in [0.4, 0.5) is 10.1 Å². The first-order valence-electron chi connectivity index (χ1n) is 9.48. The molecule has 148 valence electrons. The Morgan fingerprint density at radius 3 is 2.97 bits per heavy atom. The number of hydrogen-bond acceptors (Lipinski definition) is 5. The number of fused-ring (bicyclic) bond motifs is 2. The molecule has 1 aliphatic rings. The molecule has 1 aromatic heterocycles. The van der Waals surface area contributed by atoms with Crippen molar-refractivity contribution in [2.24, 2.45) is 4.99 Å². The third-order valence-electron chi connectivity index (χ3n) is 4.81. The van der Waals surface area contributed by atoms with Crippen molar-refractivity contribution in [1.29, 1.82) is 0 Å². The van der Waals surface area contributed by atoms with Crippen LogP contribution in [-0.4, -0.2) is 27.2 Å². The fourth-order valence-corrected chi connectivity index (χ4v) is 4.24. The largest absolute Gasteiger partial charge is 0.301 e. The number of thioether (sulfide) groups is 1. The van der Waals surface area contributed by atoms with Gasteiger partial charge in [0.1, 0.15) is 11.6 Å². The van der Waals surface area contributed by atoms with Crippen LogP contribution in [0.25, 0.3) is 10.9 Å². The molecular weight excluding hydrogens is 389 g/mol. The van der Waals surface area contributed by atoms with Gasteiger partial charge in [-0.25, -0.2) is 9.37 Å². The number of carbonyl (C=O) groups excluding carboxylic acids is 1. The number of carbonyl (C=O) groups is 1. The highest BCUT2D eigenvalue weighted by atomic mass is 32.2. The molecule has 1 N–H and O–H groups in total. The van der Waals surface area contributed by atoms with Crippen LogP contribution in [0.15, 0.2) is 51.3 Å². The van der Waals surface area contributed by atoms with Crippen molar-refractivity contribution in [2.75, 3.05) is 5.75 Å². The van der Waals surface area contributed by atoms with E-state index >= 15 is 0 Å². The number of benzene rings is 2. The number of aliphatic imine (C=N–C) groups is 1. The molecule has 0 amide bonds. The summed E-state index contributed by atoms with van der Waals surface area (Å²) >= 11 is 1.43. The fraction of sp³-hybridized carbons (Fsp3) is 0.273. The third kappa shape index (κ3) is 4.45. The maximum absolute atomic E-state index is 14.0. The smallest absolute Gasteiger partial charge is 0.259 e. The summed E-state index contributed by atoms with van der Waals surface area (Å²) in [6.07, 6.45) is 1.75. The SMILES string of the molecule is Cc1cc(F)c2c(c1)N=C(CC(=O)CCCSc1nc3ccccc3c(=O)[nH]1)C2. The molecule has 0 aliphatic carbocycles. The molecular formula is C22H20FN3O2S. The summed E-state index contributed by atoms with van der Waals surface area (Å²) in [7, 11) is 0. The van der Waals surface area contributed by atoms with Gasteiger partial charge in [-0.2, -0.15) is 0 Å². The zero-order chi connectivity index (χ0) is 20.4. The molecule has 0 radical (unpaired) electrons. The van der Waals surface area contributed by atoms with Crippen molar-refractivity contribution < 1.29 is 9.18 Å². The van der Waals surface area contributed by atoms with Crippen molar-refractivity contribution in [2.45, 2.75) is 37.8 Å². The molecule has 0 spiro atoms. The molecule has 4 rings (SSSR count). The molecule has 0 saturated heterocycles. The van der Waals surface area contributed by atoms with Crippen LogP contribution < -0.4 is 5.56 Å². The maximum atomic E-state index is 14.0. The van der Waals surface area contributed by atoms with Gasteiger partial charge in [-0.05, 0) is 43.2 Å². The Hall–Kier alpha value is -2.80. The van der Waals surface area contributed by atoms with Gasteiger partial charge in [0, 0.05) is 36.3 Å².